The first-order valence-electron chi connectivity index (χ1n) is 6.28. The minimum Gasteiger partial charge on any atom is -0.293 e. The molecule has 0 saturated heterocycles. The van der Waals surface area contributed by atoms with Crippen molar-refractivity contribution in [2.75, 3.05) is 11.8 Å². The first-order chi connectivity index (χ1) is 10.9. The molecule has 0 aliphatic rings. The zero-order valence-corrected chi connectivity index (χ0v) is 15.4. The molecular formula is C16H11Cl5O2. The van der Waals surface area contributed by atoms with Gasteiger partial charge in [0, 0.05) is 21.2 Å². The summed E-state index contributed by atoms with van der Waals surface area (Å²) in [6.45, 7) is 0. The molecule has 0 saturated carbocycles. The second kappa shape index (κ2) is 10.2. The summed E-state index contributed by atoms with van der Waals surface area (Å²) in [4.78, 5) is 22.0. The Hall–Kier alpha value is -0.770. The molecule has 0 aromatic heterocycles. The fraction of sp³-hybridized carbons (Fsp3) is 0.125. The van der Waals surface area contributed by atoms with Gasteiger partial charge in [-0.1, -0.05) is 34.8 Å². The smallest absolute Gasteiger partial charge is 0.179 e. The van der Waals surface area contributed by atoms with Crippen molar-refractivity contribution in [3.05, 3.63) is 68.7 Å². The highest BCUT2D eigenvalue weighted by Crippen LogP contribution is 2.21. The van der Waals surface area contributed by atoms with Crippen molar-refractivity contribution < 1.29 is 9.59 Å². The first-order valence-corrected chi connectivity index (χ1v) is 8.48. The van der Waals surface area contributed by atoms with Crippen LogP contribution in [0.5, 0.6) is 0 Å². The summed E-state index contributed by atoms with van der Waals surface area (Å²) in [5.41, 5.74) is 1.01. The maximum Gasteiger partial charge on any atom is 0.179 e. The lowest BCUT2D eigenvalue weighted by atomic mass is 10.1. The number of hydrogen-bond donors (Lipinski definition) is 0. The summed E-state index contributed by atoms with van der Waals surface area (Å²) in [6.07, 6.45) is 0. The summed E-state index contributed by atoms with van der Waals surface area (Å²) in [5.74, 6) is -0.329. The third kappa shape index (κ3) is 6.70. The standard InChI is InChI=1S/C8H5Cl3O.C8H6Cl2O/c9-4-8(12)6-2-1-5(10)3-7(6)11;9-5-8(11)6-1-3-7(10)4-2-6/h1-3H,4H2;1-4H,5H2. The fourth-order valence-electron chi connectivity index (χ4n) is 1.50. The van der Waals surface area contributed by atoms with Crippen molar-refractivity contribution in [1.82, 2.24) is 0 Å². The molecule has 0 N–H and O–H groups in total. The minimum absolute atomic E-state index is 0.0155. The van der Waals surface area contributed by atoms with E-state index in [0.29, 0.717) is 26.2 Å². The Morgan fingerprint density at radius 1 is 0.739 bits per heavy atom. The molecule has 7 heteroatoms. The van der Waals surface area contributed by atoms with Crippen LogP contribution < -0.4 is 0 Å². The molecule has 0 radical (unpaired) electrons. The van der Waals surface area contributed by atoms with Crippen molar-refractivity contribution >= 4 is 69.6 Å². The molecule has 122 valence electrons. The van der Waals surface area contributed by atoms with Crippen LogP contribution in [-0.4, -0.2) is 23.3 Å². The Kier molecular flexibility index (Phi) is 8.96. The first kappa shape index (κ1) is 20.3. The van der Waals surface area contributed by atoms with E-state index in [0.717, 1.165) is 0 Å². The van der Waals surface area contributed by atoms with Crippen molar-refractivity contribution in [3.63, 3.8) is 0 Å². The van der Waals surface area contributed by atoms with Gasteiger partial charge in [-0.2, -0.15) is 0 Å². The molecule has 0 aliphatic carbocycles. The number of ketones is 2. The number of carbonyl (C=O) groups excluding carboxylic acids is 2. The van der Waals surface area contributed by atoms with Gasteiger partial charge in [-0.15, -0.1) is 23.2 Å². The summed E-state index contributed by atoms with van der Waals surface area (Å²) in [5, 5.41) is 1.47. The number of Topliss-reactive ketones (excluding diaryl/α,β-unsaturated/α-hetero) is 2. The molecule has 0 atom stereocenters. The molecule has 0 heterocycles. The van der Waals surface area contributed by atoms with Gasteiger partial charge in [0.05, 0.1) is 16.8 Å². The van der Waals surface area contributed by atoms with Gasteiger partial charge in [0.15, 0.2) is 11.6 Å². The Labute approximate surface area is 159 Å². The van der Waals surface area contributed by atoms with E-state index >= 15 is 0 Å². The summed E-state index contributed by atoms with van der Waals surface area (Å²) >= 11 is 27.7. The van der Waals surface area contributed by atoms with Crippen LogP contribution in [0.3, 0.4) is 0 Å². The number of hydrogen-bond acceptors (Lipinski definition) is 2. The van der Waals surface area contributed by atoms with Gasteiger partial charge in [-0.25, -0.2) is 0 Å². The topological polar surface area (TPSA) is 34.1 Å². The van der Waals surface area contributed by atoms with Crippen LogP contribution in [0.2, 0.25) is 15.1 Å². The van der Waals surface area contributed by atoms with Crippen molar-refractivity contribution in [2.45, 2.75) is 0 Å². The molecule has 23 heavy (non-hydrogen) atoms. The van der Waals surface area contributed by atoms with Crippen LogP contribution in [0, 0.1) is 0 Å². The molecule has 2 rings (SSSR count). The largest absolute Gasteiger partial charge is 0.293 e. The van der Waals surface area contributed by atoms with Gasteiger partial charge in [-0.3, -0.25) is 9.59 Å². The highest BCUT2D eigenvalue weighted by Gasteiger charge is 2.08. The second-order valence-corrected chi connectivity index (χ2v) is 6.06. The molecule has 2 aromatic rings. The number of rotatable bonds is 4. The number of halogens is 5. The normalized spacial score (nSPS) is 9.78. The quantitative estimate of drug-likeness (QED) is 0.444. The molecule has 2 aromatic carbocycles. The van der Waals surface area contributed by atoms with Gasteiger partial charge in [-0.05, 0) is 42.5 Å². The molecule has 0 unspecified atom stereocenters. The predicted molar refractivity (Wildman–Crippen MR) is 98.0 cm³/mol. The third-order valence-corrected chi connectivity index (χ3v) is 3.93. The highest BCUT2D eigenvalue weighted by molar-refractivity contribution is 6.39. The van der Waals surface area contributed by atoms with Crippen LogP contribution in [0.25, 0.3) is 0 Å². The van der Waals surface area contributed by atoms with E-state index in [-0.39, 0.29) is 23.3 Å². The van der Waals surface area contributed by atoms with Crippen molar-refractivity contribution in [2.24, 2.45) is 0 Å². The van der Waals surface area contributed by atoms with Gasteiger partial charge in [0.25, 0.3) is 0 Å². The SMILES string of the molecule is O=C(CCl)c1ccc(Cl)cc1.O=C(CCl)c1ccc(Cl)cc1Cl. The van der Waals surface area contributed by atoms with E-state index < -0.39 is 0 Å². The summed E-state index contributed by atoms with van der Waals surface area (Å²) < 4.78 is 0. The fourth-order valence-corrected chi connectivity index (χ4v) is 2.44. The lowest BCUT2D eigenvalue weighted by molar-refractivity contribution is 0.101. The molecule has 0 aliphatic heterocycles. The van der Waals surface area contributed by atoms with Crippen LogP contribution >= 0.6 is 58.0 Å². The average Bonchev–Trinajstić information content (AvgIpc) is 2.55. The third-order valence-electron chi connectivity index (χ3n) is 2.64. The molecule has 0 fully saturated rings. The van der Waals surface area contributed by atoms with Crippen LogP contribution in [0.15, 0.2) is 42.5 Å². The van der Waals surface area contributed by atoms with Crippen LogP contribution in [0.4, 0.5) is 0 Å². The average molecular weight is 413 g/mol. The summed E-state index contributed by atoms with van der Waals surface area (Å²) in [7, 11) is 0. The van der Waals surface area contributed by atoms with E-state index in [2.05, 4.69) is 0 Å². The lowest BCUT2D eigenvalue weighted by Crippen LogP contribution is -2.00. The Morgan fingerprint density at radius 3 is 1.74 bits per heavy atom. The van der Waals surface area contributed by atoms with Crippen LogP contribution in [-0.2, 0) is 0 Å². The van der Waals surface area contributed by atoms with Crippen molar-refractivity contribution in [3.8, 4) is 0 Å². The zero-order valence-electron chi connectivity index (χ0n) is 11.7. The monoisotopic (exact) mass is 410 g/mol. The van der Waals surface area contributed by atoms with Gasteiger partial charge >= 0.3 is 0 Å². The molecule has 0 amide bonds. The minimum atomic E-state index is -0.196. The van der Waals surface area contributed by atoms with Crippen LogP contribution in [0.1, 0.15) is 20.7 Å². The van der Waals surface area contributed by atoms with Crippen molar-refractivity contribution in [1.29, 1.82) is 0 Å². The maximum atomic E-state index is 11.1. The lowest BCUT2D eigenvalue weighted by Gasteiger charge is -1.99. The Balaban J connectivity index is 0.000000231. The number of alkyl halides is 2. The predicted octanol–water partition coefficient (Wildman–Crippen LogP) is 6.18. The van der Waals surface area contributed by atoms with E-state index in [1.165, 1.54) is 6.07 Å². The number of benzene rings is 2. The molecule has 2 nitrogen and oxygen atoms in total. The van der Waals surface area contributed by atoms with Gasteiger partial charge in [0.2, 0.25) is 0 Å². The molecule has 0 bridgehead atoms. The Morgan fingerprint density at radius 2 is 1.26 bits per heavy atom. The highest BCUT2D eigenvalue weighted by atomic mass is 35.5. The molecular weight excluding hydrogens is 401 g/mol. The second-order valence-electron chi connectivity index (χ2n) is 4.24. The van der Waals surface area contributed by atoms with E-state index in [4.69, 9.17) is 58.0 Å². The Bertz CT molecular complexity index is 683. The van der Waals surface area contributed by atoms with E-state index in [1.807, 2.05) is 0 Å². The van der Waals surface area contributed by atoms with Gasteiger partial charge in [0.1, 0.15) is 0 Å². The summed E-state index contributed by atoms with van der Waals surface area (Å²) in [6, 6.07) is 11.3. The molecule has 0 spiro atoms. The van der Waals surface area contributed by atoms with Gasteiger partial charge < -0.3 is 0 Å². The maximum absolute atomic E-state index is 11.1. The van der Waals surface area contributed by atoms with E-state index in [9.17, 15) is 9.59 Å². The zero-order chi connectivity index (χ0) is 17.4. The number of carbonyl (C=O) groups is 2. The van der Waals surface area contributed by atoms with E-state index in [1.54, 1.807) is 36.4 Å².